The van der Waals surface area contributed by atoms with Crippen LogP contribution in [0, 0.1) is 0 Å². The number of nitrogens with one attached hydrogen (secondary N) is 1. The van der Waals surface area contributed by atoms with Crippen molar-refractivity contribution in [3.8, 4) is 5.75 Å². The van der Waals surface area contributed by atoms with Gasteiger partial charge in [-0.2, -0.15) is 0 Å². The van der Waals surface area contributed by atoms with Crippen LogP contribution in [0.4, 0.5) is 0 Å². The Labute approximate surface area is 102 Å². The van der Waals surface area contributed by atoms with Gasteiger partial charge in [0, 0.05) is 24.3 Å². The Balaban J connectivity index is 2.94. The van der Waals surface area contributed by atoms with Gasteiger partial charge in [-0.25, -0.2) is 0 Å². The molecule has 0 atom stereocenters. The summed E-state index contributed by atoms with van der Waals surface area (Å²) in [5.74, 6) is 0.646. The average molecular weight is 237 g/mol. The first-order chi connectivity index (χ1) is 8.08. The molecule has 1 rings (SSSR count). The van der Waals surface area contributed by atoms with E-state index in [2.05, 4.69) is 5.32 Å². The zero-order valence-corrected chi connectivity index (χ0v) is 10.7. The lowest BCUT2D eigenvalue weighted by Crippen LogP contribution is -2.30. The molecule has 17 heavy (non-hydrogen) atoms. The van der Waals surface area contributed by atoms with Gasteiger partial charge in [-0.15, -0.1) is 0 Å². The summed E-state index contributed by atoms with van der Waals surface area (Å²) < 4.78 is 10.3. The second-order valence-electron chi connectivity index (χ2n) is 4.09. The van der Waals surface area contributed by atoms with Crippen molar-refractivity contribution in [1.82, 2.24) is 5.32 Å². The van der Waals surface area contributed by atoms with Crippen LogP contribution in [-0.4, -0.2) is 26.2 Å². The van der Waals surface area contributed by atoms with E-state index in [4.69, 9.17) is 9.47 Å². The normalized spacial score (nSPS) is 10.4. The smallest absolute Gasteiger partial charge is 0.251 e. The van der Waals surface area contributed by atoms with Crippen LogP contribution in [0.5, 0.6) is 5.75 Å². The van der Waals surface area contributed by atoms with Crippen molar-refractivity contribution < 1.29 is 14.3 Å². The second-order valence-corrected chi connectivity index (χ2v) is 4.09. The van der Waals surface area contributed by atoms with Gasteiger partial charge in [0.1, 0.15) is 5.75 Å². The molecule has 0 fully saturated rings. The number of carbonyl (C=O) groups is 1. The number of benzene rings is 1. The molecule has 0 unspecified atom stereocenters. The van der Waals surface area contributed by atoms with Gasteiger partial charge in [0.05, 0.1) is 13.7 Å². The highest BCUT2D eigenvalue weighted by molar-refractivity contribution is 5.94. The van der Waals surface area contributed by atoms with E-state index in [1.165, 1.54) is 0 Å². The summed E-state index contributed by atoms with van der Waals surface area (Å²) in [6.45, 7) is 4.28. The fourth-order valence-corrected chi connectivity index (χ4v) is 1.53. The number of carbonyl (C=O) groups excluding carboxylic acids is 1. The SMILES string of the molecule is COCc1cc(C(=O)NC(C)C)ccc1OC. The molecule has 0 saturated heterocycles. The standard InChI is InChI=1S/C13H19NO3/c1-9(2)14-13(15)10-5-6-12(17-4)11(7-10)8-16-3/h5-7,9H,8H2,1-4H3,(H,14,15). The maximum Gasteiger partial charge on any atom is 0.251 e. The van der Waals surface area contributed by atoms with Gasteiger partial charge >= 0.3 is 0 Å². The third-order valence-electron chi connectivity index (χ3n) is 2.26. The Bertz CT molecular complexity index is 388. The molecule has 0 aromatic heterocycles. The van der Waals surface area contributed by atoms with E-state index in [-0.39, 0.29) is 11.9 Å². The van der Waals surface area contributed by atoms with Crippen molar-refractivity contribution in [2.75, 3.05) is 14.2 Å². The first kappa shape index (κ1) is 13.5. The fourth-order valence-electron chi connectivity index (χ4n) is 1.53. The number of hydrogen-bond donors (Lipinski definition) is 1. The summed E-state index contributed by atoms with van der Waals surface area (Å²) in [6.07, 6.45) is 0. The predicted octanol–water partition coefficient (Wildman–Crippen LogP) is 1.98. The molecule has 4 nitrogen and oxygen atoms in total. The maximum atomic E-state index is 11.8. The number of ether oxygens (including phenoxy) is 2. The van der Waals surface area contributed by atoms with Crippen molar-refractivity contribution in [3.63, 3.8) is 0 Å². The van der Waals surface area contributed by atoms with Crippen molar-refractivity contribution in [1.29, 1.82) is 0 Å². The minimum absolute atomic E-state index is 0.0833. The Morgan fingerprint density at radius 3 is 2.59 bits per heavy atom. The van der Waals surface area contributed by atoms with Gasteiger partial charge in [0.25, 0.3) is 5.91 Å². The van der Waals surface area contributed by atoms with Crippen LogP contribution in [-0.2, 0) is 11.3 Å². The lowest BCUT2D eigenvalue weighted by molar-refractivity contribution is 0.0942. The highest BCUT2D eigenvalue weighted by Crippen LogP contribution is 2.20. The molecule has 0 saturated carbocycles. The van der Waals surface area contributed by atoms with Crippen molar-refractivity contribution in [3.05, 3.63) is 29.3 Å². The van der Waals surface area contributed by atoms with Crippen LogP contribution in [0.15, 0.2) is 18.2 Å². The van der Waals surface area contributed by atoms with Gasteiger partial charge in [-0.1, -0.05) is 0 Å². The first-order valence-electron chi connectivity index (χ1n) is 5.55. The first-order valence-corrected chi connectivity index (χ1v) is 5.55. The van der Waals surface area contributed by atoms with Crippen LogP contribution in [0.1, 0.15) is 29.8 Å². The van der Waals surface area contributed by atoms with E-state index in [9.17, 15) is 4.79 Å². The molecule has 1 aromatic carbocycles. The zero-order valence-electron chi connectivity index (χ0n) is 10.7. The van der Waals surface area contributed by atoms with Crippen molar-refractivity contribution >= 4 is 5.91 Å². The molecule has 4 heteroatoms. The van der Waals surface area contributed by atoms with Gasteiger partial charge < -0.3 is 14.8 Å². The van der Waals surface area contributed by atoms with Gasteiger partial charge in [0.15, 0.2) is 0 Å². The number of methoxy groups -OCH3 is 2. The molecule has 0 aliphatic heterocycles. The summed E-state index contributed by atoms with van der Waals surface area (Å²) in [4.78, 5) is 11.8. The van der Waals surface area contributed by atoms with E-state index >= 15 is 0 Å². The Morgan fingerprint density at radius 1 is 1.35 bits per heavy atom. The average Bonchev–Trinajstić information content (AvgIpc) is 2.28. The summed E-state index contributed by atoms with van der Waals surface area (Å²) in [5.41, 5.74) is 1.48. The molecular formula is C13H19NO3. The molecule has 0 bridgehead atoms. The molecule has 0 spiro atoms. The summed E-state index contributed by atoms with van der Waals surface area (Å²) >= 11 is 0. The molecule has 0 aliphatic carbocycles. The van der Waals surface area contributed by atoms with Crippen LogP contribution in [0.25, 0.3) is 0 Å². The second kappa shape index (κ2) is 6.25. The lowest BCUT2D eigenvalue weighted by Gasteiger charge is -2.12. The summed E-state index contributed by atoms with van der Waals surface area (Å²) in [7, 11) is 3.21. The molecule has 0 heterocycles. The van der Waals surface area contributed by atoms with Gasteiger partial charge in [0.2, 0.25) is 0 Å². The van der Waals surface area contributed by atoms with Crippen molar-refractivity contribution in [2.45, 2.75) is 26.5 Å². The van der Waals surface area contributed by atoms with Crippen LogP contribution >= 0.6 is 0 Å². The van der Waals surface area contributed by atoms with E-state index in [1.807, 2.05) is 13.8 Å². The van der Waals surface area contributed by atoms with E-state index < -0.39 is 0 Å². The molecule has 1 N–H and O–H groups in total. The van der Waals surface area contributed by atoms with E-state index in [0.29, 0.717) is 12.2 Å². The molecule has 0 radical (unpaired) electrons. The molecule has 94 valence electrons. The van der Waals surface area contributed by atoms with E-state index in [1.54, 1.807) is 32.4 Å². The van der Waals surface area contributed by atoms with Crippen LogP contribution in [0.3, 0.4) is 0 Å². The van der Waals surface area contributed by atoms with Crippen LogP contribution in [0.2, 0.25) is 0 Å². The highest BCUT2D eigenvalue weighted by atomic mass is 16.5. The lowest BCUT2D eigenvalue weighted by atomic mass is 10.1. The summed E-state index contributed by atoms with van der Waals surface area (Å²) in [6, 6.07) is 5.44. The van der Waals surface area contributed by atoms with Gasteiger partial charge in [-0.3, -0.25) is 4.79 Å². The third-order valence-corrected chi connectivity index (χ3v) is 2.26. The molecular weight excluding hydrogens is 218 g/mol. The van der Waals surface area contributed by atoms with Gasteiger partial charge in [-0.05, 0) is 32.0 Å². The minimum atomic E-state index is -0.0833. The number of hydrogen-bond acceptors (Lipinski definition) is 3. The number of amides is 1. The maximum absolute atomic E-state index is 11.8. The van der Waals surface area contributed by atoms with Crippen LogP contribution < -0.4 is 10.1 Å². The highest BCUT2D eigenvalue weighted by Gasteiger charge is 2.10. The topological polar surface area (TPSA) is 47.6 Å². The largest absolute Gasteiger partial charge is 0.496 e. The Hall–Kier alpha value is -1.55. The fraction of sp³-hybridized carbons (Fsp3) is 0.462. The number of rotatable bonds is 5. The minimum Gasteiger partial charge on any atom is -0.496 e. The monoisotopic (exact) mass is 237 g/mol. The molecule has 1 aromatic rings. The molecule has 1 amide bonds. The summed E-state index contributed by atoms with van der Waals surface area (Å²) in [5, 5.41) is 2.85. The predicted molar refractivity (Wildman–Crippen MR) is 66.3 cm³/mol. The zero-order chi connectivity index (χ0) is 12.8. The van der Waals surface area contributed by atoms with Crippen molar-refractivity contribution in [2.24, 2.45) is 0 Å². The molecule has 0 aliphatic rings. The Kier molecular flexibility index (Phi) is 4.97. The quantitative estimate of drug-likeness (QED) is 0.851. The third kappa shape index (κ3) is 3.75. The van der Waals surface area contributed by atoms with E-state index in [0.717, 1.165) is 11.3 Å². The Morgan fingerprint density at radius 2 is 2.06 bits per heavy atom.